The molecule has 0 spiro atoms. The lowest BCUT2D eigenvalue weighted by atomic mass is 10.2. The van der Waals surface area contributed by atoms with Crippen LogP contribution in [-0.2, 0) is 9.59 Å². The van der Waals surface area contributed by atoms with Crippen LogP contribution in [0.2, 0.25) is 0 Å². The van der Waals surface area contributed by atoms with Crippen molar-refractivity contribution in [2.75, 3.05) is 7.05 Å². The van der Waals surface area contributed by atoms with Crippen LogP contribution in [0.25, 0.3) is 0 Å². The molecule has 0 saturated heterocycles. The average molecular weight is 144 g/mol. The van der Waals surface area contributed by atoms with Gasteiger partial charge in [0.2, 0.25) is 5.91 Å². The zero-order valence-corrected chi connectivity index (χ0v) is 5.96. The molecule has 4 nitrogen and oxygen atoms in total. The van der Waals surface area contributed by atoms with Gasteiger partial charge >= 0.3 is 0 Å². The Morgan fingerprint density at radius 2 is 2.40 bits per heavy atom. The number of hydrogen-bond acceptors (Lipinski definition) is 3. The van der Waals surface area contributed by atoms with E-state index in [4.69, 9.17) is 5.73 Å². The standard InChI is InChI=1S/C6H12N2O2/c1-8-6(10)3-2-5(7)4-9/h4-5H,2-3,7H2,1H3,(H,8,10)/t5-/m0/s1. The lowest BCUT2D eigenvalue weighted by Crippen LogP contribution is -2.25. The van der Waals surface area contributed by atoms with Crippen LogP contribution in [0, 0.1) is 0 Å². The van der Waals surface area contributed by atoms with Gasteiger partial charge in [-0.05, 0) is 6.42 Å². The zero-order valence-electron chi connectivity index (χ0n) is 5.96. The fourth-order valence-electron chi connectivity index (χ4n) is 0.491. The van der Waals surface area contributed by atoms with E-state index in [0.717, 1.165) is 0 Å². The third kappa shape index (κ3) is 4.03. The summed E-state index contributed by atoms with van der Waals surface area (Å²) < 4.78 is 0. The number of carbonyl (C=O) groups is 2. The molecule has 1 atom stereocenters. The summed E-state index contributed by atoms with van der Waals surface area (Å²) in [5.74, 6) is -0.0858. The second-order valence-electron chi connectivity index (χ2n) is 2.01. The van der Waals surface area contributed by atoms with Crippen LogP contribution < -0.4 is 11.1 Å². The van der Waals surface area contributed by atoms with E-state index in [-0.39, 0.29) is 5.91 Å². The lowest BCUT2D eigenvalue weighted by molar-refractivity contribution is -0.120. The molecule has 0 fully saturated rings. The molecule has 0 rings (SSSR count). The molecule has 0 unspecified atom stereocenters. The van der Waals surface area contributed by atoms with Crippen molar-refractivity contribution in [2.45, 2.75) is 18.9 Å². The Balaban J connectivity index is 3.34. The molecule has 0 heterocycles. The molecule has 0 aromatic rings. The molecule has 0 aromatic heterocycles. The van der Waals surface area contributed by atoms with Gasteiger partial charge in [0, 0.05) is 13.5 Å². The van der Waals surface area contributed by atoms with Crippen LogP contribution in [0.4, 0.5) is 0 Å². The van der Waals surface area contributed by atoms with Crippen LogP contribution in [0.15, 0.2) is 0 Å². The predicted molar refractivity (Wildman–Crippen MR) is 37.3 cm³/mol. The minimum absolute atomic E-state index is 0.0858. The summed E-state index contributed by atoms with van der Waals surface area (Å²) in [4.78, 5) is 20.5. The smallest absolute Gasteiger partial charge is 0.219 e. The third-order valence-corrected chi connectivity index (χ3v) is 1.16. The fraction of sp³-hybridized carbons (Fsp3) is 0.667. The van der Waals surface area contributed by atoms with Crippen LogP contribution >= 0.6 is 0 Å². The zero-order chi connectivity index (χ0) is 7.98. The van der Waals surface area contributed by atoms with E-state index in [2.05, 4.69) is 5.32 Å². The van der Waals surface area contributed by atoms with Crippen molar-refractivity contribution >= 4 is 12.2 Å². The molecule has 0 aliphatic rings. The number of rotatable bonds is 4. The quantitative estimate of drug-likeness (QED) is 0.499. The number of aldehydes is 1. The van der Waals surface area contributed by atoms with Crippen LogP contribution in [0.3, 0.4) is 0 Å². The van der Waals surface area contributed by atoms with E-state index >= 15 is 0 Å². The number of nitrogens with two attached hydrogens (primary N) is 1. The average Bonchev–Trinajstić information content (AvgIpc) is 1.99. The molecule has 0 aromatic carbocycles. The highest BCUT2D eigenvalue weighted by molar-refractivity contribution is 5.76. The van der Waals surface area contributed by atoms with Gasteiger partial charge in [-0.1, -0.05) is 0 Å². The first kappa shape index (κ1) is 9.10. The van der Waals surface area contributed by atoms with Crippen LogP contribution in [0.5, 0.6) is 0 Å². The van der Waals surface area contributed by atoms with E-state index in [9.17, 15) is 9.59 Å². The van der Waals surface area contributed by atoms with E-state index in [1.165, 1.54) is 0 Å². The Hall–Kier alpha value is -0.900. The predicted octanol–water partition coefficient (Wildman–Crippen LogP) is -0.961. The Morgan fingerprint density at radius 1 is 1.80 bits per heavy atom. The van der Waals surface area contributed by atoms with Crippen molar-refractivity contribution in [3.05, 3.63) is 0 Å². The first-order chi connectivity index (χ1) is 4.70. The number of nitrogens with one attached hydrogen (secondary N) is 1. The lowest BCUT2D eigenvalue weighted by Gasteiger charge is -2.01. The highest BCUT2D eigenvalue weighted by atomic mass is 16.1. The van der Waals surface area contributed by atoms with Crippen molar-refractivity contribution in [3.8, 4) is 0 Å². The summed E-state index contributed by atoms with van der Waals surface area (Å²) >= 11 is 0. The minimum Gasteiger partial charge on any atom is -0.359 e. The molecule has 0 aliphatic carbocycles. The minimum atomic E-state index is -0.503. The molecule has 0 aliphatic heterocycles. The van der Waals surface area contributed by atoms with Gasteiger partial charge in [-0.2, -0.15) is 0 Å². The molecule has 10 heavy (non-hydrogen) atoms. The first-order valence-electron chi connectivity index (χ1n) is 3.12. The van der Waals surface area contributed by atoms with Gasteiger partial charge in [0.1, 0.15) is 6.29 Å². The molecular weight excluding hydrogens is 132 g/mol. The molecule has 0 bridgehead atoms. The summed E-state index contributed by atoms with van der Waals surface area (Å²) in [7, 11) is 1.55. The van der Waals surface area contributed by atoms with E-state index < -0.39 is 6.04 Å². The summed E-state index contributed by atoms with van der Waals surface area (Å²) in [6.45, 7) is 0. The van der Waals surface area contributed by atoms with Crippen molar-refractivity contribution < 1.29 is 9.59 Å². The first-order valence-corrected chi connectivity index (χ1v) is 3.12. The number of amides is 1. The summed E-state index contributed by atoms with van der Waals surface area (Å²) in [5.41, 5.74) is 5.23. The van der Waals surface area contributed by atoms with E-state index in [1.54, 1.807) is 7.05 Å². The monoisotopic (exact) mass is 144 g/mol. The molecule has 3 N–H and O–H groups in total. The van der Waals surface area contributed by atoms with Gasteiger partial charge in [0.05, 0.1) is 6.04 Å². The number of carbonyl (C=O) groups excluding carboxylic acids is 2. The molecule has 58 valence electrons. The fourth-order valence-corrected chi connectivity index (χ4v) is 0.491. The van der Waals surface area contributed by atoms with Crippen molar-refractivity contribution in [1.29, 1.82) is 0 Å². The Kier molecular flexibility index (Phi) is 4.49. The Labute approximate surface area is 59.8 Å². The maximum atomic E-state index is 10.5. The van der Waals surface area contributed by atoms with Crippen LogP contribution in [-0.4, -0.2) is 25.3 Å². The van der Waals surface area contributed by atoms with Crippen molar-refractivity contribution in [1.82, 2.24) is 5.32 Å². The molecular formula is C6H12N2O2. The number of hydrogen-bond donors (Lipinski definition) is 2. The molecule has 0 saturated carbocycles. The van der Waals surface area contributed by atoms with Gasteiger partial charge in [-0.3, -0.25) is 4.79 Å². The summed E-state index contributed by atoms with van der Waals surface area (Å²) in [6.07, 6.45) is 1.38. The van der Waals surface area contributed by atoms with Crippen LogP contribution in [0.1, 0.15) is 12.8 Å². The second kappa shape index (κ2) is 4.93. The molecule has 1 amide bonds. The largest absolute Gasteiger partial charge is 0.359 e. The summed E-state index contributed by atoms with van der Waals surface area (Å²) in [5, 5.41) is 2.43. The van der Waals surface area contributed by atoms with E-state index in [1.807, 2.05) is 0 Å². The van der Waals surface area contributed by atoms with Gasteiger partial charge < -0.3 is 15.8 Å². The summed E-state index contributed by atoms with van der Waals surface area (Å²) in [6, 6.07) is -0.503. The van der Waals surface area contributed by atoms with E-state index in [0.29, 0.717) is 19.1 Å². The normalized spacial score (nSPS) is 12.2. The SMILES string of the molecule is CNC(=O)CC[C@H](N)C=O. The maximum Gasteiger partial charge on any atom is 0.219 e. The van der Waals surface area contributed by atoms with Gasteiger partial charge in [0.15, 0.2) is 0 Å². The van der Waals surface area contributed by atoms with Crippen molar-refractivity contribution in [3.63, 3.8) is 0 Å². The Bertz CT molecular complexity index is 125. The Morgan fingerprint density at radius 3 is 2.80 bits per heavy atom. The third-order valence-electron chi connectivity index (χ3n) is 1.16. The highest BCUT2D eigenvalue weighted by Crippen LogP contribution is 1.90. The van der Waals surface area contributed by atoms with Gasteiger partial charge in [-0.15, -0.1) is 0 Å². The maximum absolute atomic E-state index is 10.5. The topological polar surface area (TPSA) is 72.2 Å². The molecule has 0 radical (unpaired) electrons. The van der Waals surface area contributed by atoms with Crippen molar-refractivity contribution in [2.24, 2.45) is 5.73 Å². The highest BCUT2D eigenvalue weighted by Gasteiger charge is 2.02. The van der Waals surface area contributed by atoms with Gasteiger partial charge in [0.25, 0.3) is 0 Å². The molecule has 4 heteroatoms. The second-order valence-corrected chi connectivity index (χ2v) is 2.01. The van der Waals surface area contributed by atoms with Gasteiger partial charge in [-0.25, -0.2) is 0 Å².